The van der Waals surface area contributed by atoms with Gasteiger partial charge in [-0.25, -0.2) is 9.59 Å². The van der Waals surface area contributed by atoms with Crippen molar-refractivity contribution in [2.24, 2.45) is 11.8 Å². The van der Waals surface area contributed by atoms with Crippen molar-refractivity contribution in [1.29, 1.82) is 0 Å². The molecule has 0 radical (unpaired) electrons. The average Bonchev–Trinajstić information content (AvgIpc) is 2.92. The van der Waals surface area contributed by atoms with E-state index in [4.69, 9.17) is 19.7 Å². The SMILES string of the molecule is C=C(CO)C(=O)OCCCC1CC(CCCOC(=O)C(=C)CO)CC(c2ccc(CCCCC)cc2)C1. The molecule has 2 rings (SSSR count). The molecule has 1 fully saturated rings. The maximum atomic E-state index is 11.7. The summed E-state index contributed by atoms with van der Waals surface area (Å²) in [6.07, 6.45) is 11.7. The second-order valence-corrected chi connectivity index (χ2v) is 10.4. The van der Waals surface area contributed by atoms with Crippen LogP contribution < -0.4 is 0 Å². The number of aryl methyl sites for hydroxylation is 1. The number of ether oxygens (including phenoxy) is 2. The lowest BCUT2D eigenvalue weighted by Gasteiger charge is -2.35. The first kappa shape index (κ1) is 30.8. The smallest absolute Gasteiger partial charge is 0.335 e. The molecule has 1 aromatic carbocycles. The van der Waals surface area contributed by atoms with Crippen LogP contribution in [0.2, 0.25) is 0 Å². The molecule has 1 aromatic rings. The minimum absolute atomic E-state index is 0.0826. The second kappa shape index (κ2) is 17.1. The maximum absolute atomic E-state index is 11.7. The molecule has 6 heteroatoms. The van der Waals surface area contributed by atoms with Gasteiger partial charge in [0.15, 0.2) is 0 Å². The third-order valence-corrected chi connectivity index (χ3v) is 7.36. The Morgan fingerprint density at radius 1 is 0.811 bits per heavy atom. The molecule has 0 spiro atoms. The quantitative estimate of drug-likeness (QED) is 0.158. The van der Waals surface area contributed by atoms with Gasteiger partial charge in [-0.05, 0) is 86.7 Å². The number of aliphatic hydroxyl groups excluding tert-OH is 2. The third-order valence-electron chi connectivity index (χ3n) is 7.36. The van der Waals surface area contributed by atoms with Crippen LogP contribution in [0.25, 0.3) is 0 Å². The van der Waals surface area contributed by atoms with Crippen molar-refractivity contribution in [1.82, 2.24) is 0 Å². The van der Waals surface area contributed by atoms with Crippen LogP contribution in [0.3, 0.4) is 0 Å². The van der Waals surface area contributed by atoms with E-state index >= 15 is 0 Å². The number of benzene rings is 1. The number of esters is 2. The Morgan fingerprint density at radius 3 is 1.78 bits per heavy atom. The van der Waals surface area contributed by atoms with E-state index in [-0.39, 0.29) is 24.4 Å². The number of rotatable bonds is 17. The fourth-order valence-electron chi connectivity index (χ4n) is 5.25. The highest BCUT2D eigenvalue weighted by Crippen LogP contribution is 2.43. The van der Waals surface area contributed by atoms with Gasteiger partial charge in [0.1, 0.15) is 0 Å². The summed E-state index contributed by atoms with van der Waals surface area (Å²) in [5.41, 5.74) is 2.96. The van der Waals surface area contributed by atoms with Gasteiger partial charge < -0.3 is 19.7 Å². The molecule has 1 aliphatic carbocycles. The van der Waals surface area contributed by atoms with Crippen LogP contribution in [0.4, 0.5) is 0 Å². The zero-order valence-corrected chi connectivity index (χ0v) is 22.6. The van der Waals surface area contributed by atoms with Gasteiger partial charge >= 0.3 is 11.9 Å². The summed E-state index contributed by atoms with van der Waals surface area (Å²) in [6, 6.07) is 9.17. The van der Waals surface area contributed by atoms with E-state index < -0.39 is 11.9 Å². The summed E-state index contributed by atoms with van der Waals surface area (Å²) >= 11 is 0. The van der Waals surface area contributed by atoms with Gasteiger partial charge in [0.05, 0.1) is 37.6 Å². The summed E-state index contributed by atoms with van der Waals surface area (Å²) in [5, 5.41) is 18.0. The molecule has 0 aromatic heterocycles. The number of hydrogen-bond donors (Lipinski definition) is 2. The minimum atomic E-state index is -0.528. The number of carbonyl (C=O) groups excluding carboxylic acids is 2. The molecule has 0 amide bonds. The van der Waals surface area contributed by atoms with Crippen molar-refractivity contribution in [3.63, 3.8) is 0 Å². The van der Waals surface area contributed by atoms with Crippen molar-refractivity contribution >= 4 is 11.9 Å². The van der Waals surface area contributed by atoms with E-state index in [0.29, 0.717) is 31.0 Å². The fourth-order valence-corrected chi connectivity index (χ4v) is 5.25. The van der Waals surface area contributed by atoms with Crippen LogP contribution in [-0.2, 0) is 25.5 Å². The summed E-state index contributed by atoms with van der Waals surface area (Å²) < 4.78 is 10.5. The van der Waals surface area contributed by atoms with Crippen LogP contribution in [0.1, 0.15) is 88.2 Å². The van der Waals surface area contributed by atoms with E-state index in [0.717, 1.165) is 51.4 Å². The summed E-state index contributed by atoms with van der Waals surface area (Å²) in [7, 11) is 0. The molecule has 1 aliphatic rings. The van der Waals surface area contributed by atoms with Crippen molar-refractivity contribution in [3.05, 3.63) is 59.7 Å². The van der Waals surface area contributed by atoms with Gasteiger partial charge in [0.25, 0.3) is 0 Å². The lowest BCUT2D eigenvalue weighted by atomic mass is 9.70. The van der Waals surface area contributed by atoms with Crippen LogP contribution in [0.15, 0.2) is 48.6 Å². The highest BCUT2D eigenvalue weighted by atomic mass is 16.5. The molecule has 0 saturated heterocycles. The number of aliphatic hydroxyl groups is 2. The maximum Gasteiger partial charge on any atom is 0.335 e. The van der Waals surface area contributed by atoms with Crippen molar-refractivity contribution < 1.29 is 29.3 Å². The molecule has 206 valence electrons. The molecular formula is C31H46O6. The van der Waals surface area contributed by atoms with E-state index in [2.05, 4.69) is 44.3 Å². The molecule has 2 atom stereocenters. The van der Waals surface area contributed by atoms with Gasteiger partial charge in [0.2, 0.25) is 0 Å². The minimum Gasteiger partial charge on any atom is -0.462 e. The topological polar surface area (TPSA) is 93.1 Å². The second-order valence-electron chi connectivity index (χ2n) is 10.4. The third kappa shape index (κ3) is 11.2. The zero-order valence-electron chi connectivity index (χ0n) is 22.6. The van der Waals surface area contributed by atoms with Gasteiger partial charge in [-0.15, -0.1) is 0 Å². The lowest BCUT2D eigenvalue weighted by molar-refractivity contribution is -0.140. The zero-order chi connectivity index (χ0) is 27.0. The van der Waals surface area contributed by atoms with E-state index in [1.165, 1.54) is 30.4 Å². The van der Waals surface area contributed by atoms with E-state index in [1.807, 2.05) is 0 Å². The predicted octanol–water partition coefficient (Wildman–Crippen LogP) is 5.66. The normalized spacial score (nSPS) is 19.3. The Morgan fingerprint density at radius 2 is 1.32 bits per heavy atom. The van der Waals surface area contributed by atoms with Crippen molar-refractivity contribution in [2.45, 2.75) is 83.5 Å². The van der Waals surface area contributed by atoms with Gasteiger partial charge in [0, 0.05) is 0 Å². The summed E-state index contributed by atoms with van der Waals surface area (Å²) in [6.45, 7) is 9.15. The van der Waals surface area contributed by atoms with Crippen LogP contribution in [0, 0.1) is 11.8 Å². The monoisotopic (exact) mass is 514 g/mol. The largest absolute Gasteiger partial charge is 0.462 e. The van der Waals surface area contributed by atoms with E-state index in [9.17, 15) is 9.59 Å². The van der Waals surface area contributed by atoms with Gasteiger partial charge in [-0.3, -0.25) is 0 Å². The molecule has 0 heterocycles. The van der Waals surface area contributed by atoms with Crippen LogP contribution in [0.5, 0.6) is 0 Å². The molecule has 2 unspecified atom stereocenters. The Kier molecular flexibility index (Phi) is 14.3. The van der Waals surface area contributed by atoms with E-state index in [1.54, 1.807) is 0 Å². The van der Waals surface area contributed by atoms with Crippen LogP contribution in [-0.4, -0.2) is 48.6 Å². The lowest BCUT2D eigenvalue weighted by Crippen LogP contribution is -2.23. The molecule has 1 saturated carbocycles. The fraction of sp³-hybridized carbons (Fsp3) is 0.613. The molecule has 0 aliphatic heterocycles. The molecular weight excluding hydrogens is 468 g/mol. The van der Waals surface area contributed by atoms with Crippen molar-refractivity contribution in [2.75, 3.05) is 26.4 Å². The van der Waals surface area contributed by atoms with Gasteiger partial charge in [-0.2, -0.15) is 0 Å². The Labute approximate surface area is 222 Å². The number of unbranched alkanes of at least 4 members (excludes halogenated alkanes) is 2. The Balaban J connectivity index is 1.93. The number of carbonyl (C=O) groups is 2. The highest BCUT2D eigenvalue weighted by molar-refractivity contribution is 5.88. The summed E-state index contributed by atoms with van der Waals surface area (Å²) in [5.74, 6) is 0.495. The molecule has 6 nitrogen and oxygen atoms in total. The van der Waals surface area contributed by atoms with Crippen molar-refractivity contribution in [3.8, 4) is 0 Å². The molecule has 37 heavy (non-hydrogen) atoms. The standard InChI is InChI=1S/C31H46O6/c1-4-5-6-9-25-12-14-28(15-13-25)29-19-26(10-7-16-36-30(34)23(2)21-32)18-27(20-29)11-8-17-37-31(35)24(3)22-33/h12-15,26-27,29,32-33H,2-11,16-22H2,1H3. The molecule has 0 bridgehead atoms. The Bertz CT molecular complexity index is 815. The first-order valence-corrected chi connectivity index (χ1v) is 13.9. The molecule has 2 N–H and O–H groups in total. The predicted molar refractivity (Wildman–Crippen MR) is 146 cm³/mol. The Hall–Kier alpha value is -2.44. The first-order chi connectivity index (χ1) is 17.9. The first-order valence-electron chi connectivity index (χ1n) is 13.9. The highest BCUT2D eigenvalue weighted by Gasteiger charge is 2.29. The summed E-state index contributed by atoms with van der Waals surface area (Å²) in [4.78, 5) is 23.5. The van der Waals surface area contributed by atoms with Gasteiger partial charge in [-0.1, -0.05) is 57.2 Å². The average molecular weight is 515 g/mol. The number of hydrogen-bond acceptors (Lipinski definition) is 6. The van der Waals surface area contributed by atoms with Crippen LogP contribution >= 0.6 is 0 Å².